The van der Waals surface area contributed by atoms with Crippen LogP contribution in [-0.2, 0) is 6.42 Å². The highest BCUT2D eigenvalue weighted by molar-refractivity contribution is 5.58. The highest BCUT2D eigenvalue weighted by Crippen LogP contribution is 2.21. The maximum absolute atomic E-state index is 13.4. The van der Waals surface area contributed by atoms with E-state index >= 15 is 0 Å². The standard InChI is InChI=1S/C16H20FN3/c1-4-6-13-10-15(18-5-2)20-16(19-13)12-7-8-14(17)11(3)9-12/h7-10H,4-6H2,1-3H3,(H,18,19,20). The normalized spacial score (nSPS) is 10.6. The van der Waals surface area contributed by atoms with Crippen LogP contribution in [0.1, 0.15) is 31.5 Å². The largest absolute Gasteiger partial charge is 0.370 e. The van der Waals surface area contributed by atoms with Crippen molar-refractivity contribution in [2.75, 3.05) is 11.9 Å². The lowest BCUT2D eigenvalue weighted by Gasteiger charge is -2.09. The van der Waals surface area contributed by atoms with E-state index in [1.165, 1.54) is 6.07 Å². The van der Waals surface area contributed by atoms with Crippen molar-refractivity contribution in [3.8, 4) is 11.4 Å². The Morgan fingerprint density at radius 3 is 2.60 bits per heavy atom. The molecule has 106 valence electrons. The molecule has 0 saturated carbocycles. The second-order valence-electron chi connectivity index (χ2n) is 4.81. The molecule has 0 aliphatic rings. The molecule has 0 spiro atoms. The van der Waals surface area contributed by atoms with Gasteiger partial charge in [0.25, 0.3) is 0 Å². The van der Waals surface area contributed by atoms with Crippen LogP contribution in [0, 0.1) is 12.7 Å². The molecule has 0 bridgehead atoms. The van der Waals surface area contributed by atoms with Gasteiger partial charge in [0.1, 0.15) is 11.6 Å². The van der Waals surface area contributed by atoms with Gasteiger partial charge in [0.05, 0.1) is 0 Å². The first-order valence-electron chi connectivity index (χ1n) is 7.02. The molecule has 0 fully saturated rings. The fourth-order valence-electron chi connectivity index (χ4n) is 2.07. The summed E-state index contributed by atoms with van der Waals surface area (Å²) >= 11 is 0. The Bertz CT molecular complexity index is 572. The summed E-state index contributed by atoms with van der Waals surface area (Å²) in [6.07, 6.45) is 1.94. The predicted octanol–water partition coefficient (Wildman–Crippen LogP) is 3.98. The Labute approximate surface area is 119 Å². The van der Waals surface area contributed by atoms with Gasteiger partial charge in [-0.15, -0.1) is 0 Å². The van der Waals surface area contributed by atoms with Crippen LogP contribution >= 0.6 is 0 Å². The van der Waals surface area contributed by atoms with Crippen LogP contribution in [0.5, 0.6) is 0 Å². The van der Waals surface area contributed by atoms with Gasteiger partial charge in [0.2, 0.25) is 0 Å². The number of hydrogen-bond donors (Lipinski definition) is 1. The number of hydrogen-bond acceptors (Lipinski definition) is 3. The number of nitrogens with zero attached hydrogens (tertiary/aromatic N) is 2. The summed E-state index contributed by atoms with van der Waals surface area (Å²) in [6.45, 7) is 6.71. The lowest BCUT2D eigenvalue weighted by molar-refractivity contribution is 0.618. The highest BCUT2D eigenvalue weighted by Gasteiger charge is 2.08. The number of nitrogens with one attached hydrogen (secondary N) is 1. The lowest BCUT2D eigenvalue weighted by Crippen LogP contribution is -2.04. The van der Waals surface area contributed by atoms with E-state index in [-0.39, 0.29) is 5.82 Å². The van der Waals surface area contributed by atoms with Gasteiger partial charge in [0, 0.05) is 23.9 Å². The van der Waals surface area contributed by atoms with E-state index < -0.39 is 0 Å². The lowest BCUT2D eigenvalue weighted by atomic mass is 10.1. The molecule has 4 heteroatoms. The SMILES string of the molecule is CCCc1cc(NCC)nc(-c2ccc(F)c(C)c2)n1. The summed E-state index contributed by atoms with van der Waals surface area (Å²) in [5.74, 6) is 1.27. The van der Waals surface area contributed by atoms with Crippen LogP contribution < -0.4 is 5.32 Å². The van der Waals surface area contributed by atoms with Crippen LogP contribution in [0.15, 0.2) is 24.3 Å². The summed E-state index contributed by atoms with van der Waals surface area (Å²) in [6, 6.07) is 6.96. The monoisotopic (exact) mass is 273 g/mol. The van der Waals surface area contributed by atoms with Crippen molar-refractivity contribution in [2.45, 2.75) is 33.6 Å². The molecule has 3 nitrogen and oxygen atoms in total. The molecule has 2 aromatic rings. The zero-order chi connectivity index (χ0) is 14.5. The van der Waals surface area contributed by atoms with Crippen LogP contribution in [0.25, 0.3) is 11.4 Å². The fourth-order valence-corrected chi connectivity index (χ4v) is 2.07. The van der Waals surface area contributed by atoms with E-state index in [0.29, 0.717) is 11.4 Å². The highest BCUT2D eigenvalue weighted by atomic mass is 19.1. The summed E-state index contributed by atoms with van der Waals surface area (Å²) in [5, 5.41) is 3.22. The Kier molecular flexibility index (Phi) is 4.66. The van der Waals surface area contributed by atoms with Gasteiger partial charge in [0.15, 0.2) is 5.82 Å². The molecule has 0 aliphatic heterocycles. The first-order valence-corrected chi connectivity index (χ1v) is 7.02. The van der Waals surface area contributed by atoms with E-state index in [9.17, 15) is 4.39 Å². The maximum Gasteiger partial charge on any atom is 0.161 e. The van der Waals surface area contributed by atoms with Gasteiger partial charge in [-0.1, -0.05) is 13.3 Å². The first-order chi connectivity index (χ1) is 9.63. The molecule has 0 unspecified atom stereocenters. The van der Waals surface area contributed by atoms with Gasteiger partial charge in [-0.25, -0.2) is 14.4 Å². The third kappa shape index (κ3) is 3.32. The van der Waals surface area contributed by atoms with Crippen molar-refractivity contribution in [2.24, 2.45) is 0 Å². The third-order valence-corrected chi connectivity index (χ3v) is 3.06. The summed E-state index contributed by atoms with van der Waals surface area (Å²) in [7, 11) is 0. The number of anilines is 1. The van der Waals surface area contributed by atoms with Crippen LogP contribution in [0.3, 0.4) is 0 Å². The molecule has 0 saturated heterocycles. The quantitative estimate of drug-likeness (QED) is 0.895. The van der Waals surface area contributed by atoms with Gasteiger partial charge >= 0.3 is 0 Å². The van der Waals surface area contributed by atoms with Gasteiger partial charge in [-0.3, -0.25) is 0 Å². The van der Waals surface area contributed by atoms with Crippen molar-refractivity contribution in [3.63, 3.8) is 0 Å². The molecule has 1 heterocycles. The second-order valence-corrected chi connectivity index (χ2v) is 4.81. The first kappa shape index (κ1) is 14.4. The minimum Gasteiger partial charge on any atom is -0.370 e. The van der Waals surface area contributed by atoms with Gasteiger partial charge in [-0.2, -0.15) is 0 Å². The molecule has 0 aliphatic carbocycles. The zero-order valence-corrected chi connectivity index (χ0v) is 12.2. The van der Waals surface area contributed by atoms with Crippen molar-refractivity contribution in [1.82, 2.24) is 9.97 Å². The van der Waals surface area contributed by atoms with Crippen LogP contribution in [-0.4, -0.2) is 16.5 Å². The average molecular weight is 273 g/mol. The van der Waals surface area contributed by atoms with E-state index in [4.69, 9.17) is 0 Å². The number of rotatable bonds is 5. The van der Waals surface area contributed by atoms with Crippen LogP contribution in [0.2, 0.25) is 0 Å². The predicted molar refractivity (Wildman–Crippen MR) is 80.3 cm³/mol. The molecule has 1 N–H and O–H groups in total. The van der Waals surface area contributed by atoms with E-state index in [1.807, 2.05) is 13.0 Å². The Morgan fingerprint density at radius 1 is 1.15 bits per heavy atom. The minimum atomic E-state index is -0.203. The Balaban J connectivity index is 2.45. The molecule has 0 amide bonds. The van der Waals surface area contributed by atoms with E-state index in [0.717, 1.165) is 36.5 Å². The zero-order valence-electron chi connectivity index (χ0n) is 12.2. The van der Waals surface area contributed by atoms with E-state index in [2.05, 4.69) is 22.2 Å². The average Bonchev–Trinajstić information content (AvgIpc) is 2.42. The molecular weight excluding hydrogens is 253 g/mol. The van der Waals surface area contributed by atoms with Crippen LogP contribution in [0.4, 0.5) is 10.2 Å². The summed E-state index contributed by atoms with van der Waals surface area (Å²) < 4.78 is 13.4. The van der Waals surface area contributed by atoms with Gasteiger partial charge < -0.3 is 5.32 Å². The number of aromatic nitrogens is 2. The van der Waals surface area contributed by atoms with Crippen molar-refractivity contribution < 1.29 is 4.39 Å². The molecule has 20 heavy (non-hydrogen) atoms. The molecule has 0 radical (unpaired) electrons. The number of aryl methyl sites for hydroxylation is 2. The van der Waals surface area contributed by atoms with Crippen molar-refractivity contribution in [1.29, 1.82) is 0 Å². The number of benzene rings is 1. The smallest absolute Gasteiger partial charge is 0.161 e. The summed E-state index contributed by atoms with van der Waals surface area (Å²) in [4.78, 5) is 9.07. The number of halogens is 1. The Morgan fingerprint density at radius 2 is 1.95 bits per heavy atom. The molecule has 1 aromatic heterocycles. The maximum atomic E-state index is 13.4. The van der Waals surface area contributed by atoms with E-state index in [1.54, 1.807) is 19.1 Å². The molecular formula is C16H20FN3. The van der Waals surface area contributed by atoms with Gasteiger partial charge in [-0.05, 0) is 44.0 Å². The summed E-state index contributed by atoms with van der Waals surface area (Å²) in [5.41, 5.74) is 2.47. The molecule has 2 rings (SSSR count). The third-order valence-electron chi connectivity index (χ3n) is 3.06. The van der Waals surface area contributed by atoms with Crippen molar-refractivity contribution >= 4 is 5.82 Å². The topological polar surface area (TPSA) is 37.8 Å². The Hall–Kier alpha value is -1.97. The second kappa shape index (κ2) is 6.46. The molecule has 0 atom stereocenters. The fraction of sp³-hybridized carbons (Fsp3) is 0.375. The molecule has 1 aromatic carbocycles. The van der Waals surface area contributed by atoms with Crippen molar-refractivity contribution in [3.05, 3.63) is 41.3 Å². The minimum absolute atomic E-state index is 0.203.